The van der Waals surface area contributed by atoms with Crippen molar-refractivity contribution in [1.29, 1.82) is 0 Å². The molecule has 7 heteroatoms. The highest BCUT2D eigenvalue weighted by Gasteiger charge is 2.12. The molecular formula is C19H15N2O5-. The van der Waals surface area contributed by atoms with E-state index in [-0.39, 0.29) is 5.69 Å². The van der Waals surface area contributed by atoms with Crippen LogP contribution in [0.1, 0.15) is 0 Å². The minimum absolute atomic E-state index is 0.313. The van der Waals surface area contributed by atoms with E-state index in [4.69, 9.17) is 9.47 Å². The van der Waals surface area contributed by atoms with E-state index in [1.54, 1.807) is 48.5 Å². The quantitative estimate of drug-likeness (QED) is 0.697. The minimum atomic E-state index is -0.929. The molecule has 0 saturated carbocycles. The highest BCUT2D eigenvalue weighted by atomic mass is 16.5. The van der Waals surface area contributed by atoms with Crippen LogP contribution in [0.5, 0.6) is 17.2 Å². The summed E-state index contributed by atoms with van der Waals surface area (Å²) in [7, 11) is 3.05. The van der Waals surface area contributed by atoms with Gasteiger partial charge in [-0.1, -0.05) is 0 Å². The standard InChI is InChI=1S/C19H16N2O5/c1-25-13-7-3-11(4-8-13)20-15-17(22)16(19(24)18(15)23)21-12-5-9-14(26-2)10-6-12/h3-10,20,22H,1-2H3/p-1. The van der Waals surface area contributed by atoms with Gasteiger partial charge in [0.2, 0.25) is 0 Å². The van der Waals surface area contributed by atoms with Gasteiger partial charge in [0.15, 0.2) is 0 Å². The van der Waals surface area contributed by atoms with E-state index in [0.717, 1.165) is 0 Å². The molecule has 0 unspecified atom stereocenters. The summed E-state index contributed by atoms with van der Waals surface area (Å²) in [5.74, 6) is 0.511. The number of rotatable bonds is 5. The van der Waals surface area contributed by atoms with E-state index < -0.39 is 22.0 Å². The molecule has 0 fully saturated rings. The Morgan fingerprint density at radius 1 is 0.846 bits per heavy atom. The fourth-order valence-corrected chi connectivity index (χ4v) is 2.37. The number of anilines is 2. The Morgan fingerprint density at radius 3 is 1.92 bits per heavy atom. The number of methoxy groups -OCH3 is 2. The maximum atomic E-state index is 12.5. The number of nitrogens with zero attached hydrogens (tertiary/aromatic N) is 1. The van der Waals surface area contributed by atoms with E-state index in [0.29, 0.717) is 22.9 Å². The summed E-state index contributed by atoms with van der Waals surface area (Å²) >= 11 is 0. The van der Waals surface area contributed by atoms with Gasteiger partial charge in [-0.3, -0.25) is 9.59 Å². The molecule has 0 aliphatic heterocycles. The Balaban J connectivity index is 2.00. The van der Waals surface area contributed by atoms with Crippen LogP contribution in [0.4, 0.5) is 17.1 Å². The predicted molar refractivity (Wildman–Crippen MR) is 95.3 cm³/mol. The molecule has 132 valence electrons. The molecule has 7 nitrogen and oxygen atoms in total. The van der Waals surface area contributed by atoms with Crippen molar-refractivity contribution in [2.75, 3.05) is 19.5 Å². The van der Waals surface area contributed by atoms with Gasteiger partial charge in [0.05, 0.1) is 25.6 Å². The van der Waals surface area contributed by atoms with Gasteiger partial charge < -0.3 is 19.9 Å². The molecule has 0 saturated heterocycles. The fraction of sp³-hybridized carbons (Fsp3) is 0.105. The summed E-state index contributed by atoms with van der Waals surface area (Å²) < 4.78 is 10.1. The van der Waals surface area contributed by atoms with Gasteiger partial charge in [-0.25, -0.2) is 4.99 Å². The molecule has 3 aromatic rings. The van der Waals surface area contributed by atoms with E-state index in [1.807, 2.05) is 0 Å². The molecule has 1 N–H and O–H groups in total. The van der Waals surface area contributed by atoms with Crippen LogP contribution in [-0.4, -0.2) is 14.2 Å². The van der Waals surface area contributed by atoms with Gasteiger partial charge in [0.25, 0.3) is 10.9 Å². The second-order valence-corrected chi connectivity index (χ2v) is 5.37. The number of benzene rings is 2. The smallest absolute Gasteiger partial charge is 0.252 e. The Labute approximate surface area is 148 Å². The average molecular weight is 351 g/mol. The molecule has 0 amide bonds. The lowest BCUT2D eigenvalue weighted by Crippen LogP contribution is -2.31. The monoisotopic (exact) mass is 351 g/mol. The van der Waals surface area contributed by atoms with Crippen molar-refractivity contribution >= 4 is 17.1 Å². The zero-order chi connectivity index (χ0) is 18.7. The molecule has 3 rings (SSSR count). The Bertz CT molecular complexity index is 1060. The molecular weight excluding hydrogens is 336 g/mol. The van der Waals surface area contributed by atoms with Gasteiger partial charge in [-0.15, -0.1) is 0 Å². The first kappa shape index (κ1) is 17.2. The highest BCUT2D eigenvalue weighted by molar-refractivity contribution is 5.66. The third-order valence-electron chi connectivity index (χ3n) is 3.76. The Kier molecular flexibility index (Phi) is 4.70. The number of hydrogen-bond acceptors (Lipinski definition) is 7. The lowest BCUT2D eigenvalue weighted by atomic mass is 10.3. The number of nitrogens with one attached hydrogen (secondary N) is 1. The normalized spacial score (nSPS) is 11.4. The summed E-state index contributed by atoms with van der Waals surface area (Å²) in [5.41, 5.74) is -1.28. The summed E-state index contributed by atoms with van der Waals surface area (Å²) in [6.45, 7) is 0. The van der Waals surface area contributed by atoms with Gasteiger partial charge >= 0.3 is 0 Å². The molecule has 0 heterocycles. The van der Waals surface area contributed by atoms with Crippen LogP contribution in [0.25, 0.3) is 0 Å². The van der Waals surface area contributed by atoms with Crippen LogP contribution >= 0.6 is 0 Å². The molecule has 0 aromatic heterocycles. The molecule has 26 heavy (non-hydrogen) atoms. The topological polar surface area (TPSA) is 100 Å². The second-order valence-electron chi connectivity index (χ2n) is 5.37. The van der Waals surface area contributed by atoms with Crippen LogP contribution in [0, 0.1) is 0 Å². The van der Waals surface area contributed by atoms with Crippen molar-refractivity contribution in [1.82, 2.24) is 0 Å². The van der Waals surface area contributed by atoms with Crippen LogP contribution in [-0.2, 0) is 0 Å². The van der Waals surface area contributed by atoms with Crippen LogP contribution in [0.3, 0.4) is 0 Å². The van der Waals surface area contributed by atoms with Crippen molar-refractivity contribution in [2.24, 2.45) is 4.99 Å². The first-order valence-corrected chi connectivity index (χ1v) is 7.68. The van der Waals surface area contributed by atoms with Crippen molar-refractivity contribution in [3.05, 3.63) is 74.3 Å². The molecule has 0 bridgehead atoms. The SMILES string of the molecule is COc1ccc(N=c2c([O-])c(Nc3ccc(OC)cc3)c(=O)c2=O)cc1. The second kappa shape index (κ2) is 7.10. The van der Waals surface area contributed by atoms with E-state index in [1.165, 1.54) is 14.2 Å². The third-order valence-corrected chi connectivity index (χ3v) is 3.76. The van der Waals surface area contributed by atoms with Gasteiger partial charge in [-0.05, 0) is 54.3 Å². The summed E-state index contributed by atoms with van der Waals surface area (Å²) in [5, 5.41) is 14.8. The van der Waals surface area contributed by atoms with E-state index in [9.17, 15) is 14.7 Å². The molecule has 0 radical (unpaired) electrons. The largest absolute Gasteiger partial charge is 0.869 e. The van der Waals surface area contributed by atoms with Crippen molar-refractivity contribution in [3.63, 3.8) is 0 Å². The lowest BCUT2D eigenvalue weighted by molar-refractivity contribution is -0.268. The molecule has 0 atom stereocenters. The maximum absolute atomic E-state index is 12.5. The van der Waals surface area contributed by atoms with Crippen molar-refractivity contribution in [2.45, 2.75) is 0 Å². The molecule has 0 spiro atoms. The Hall–Kier alpha value is -3.61. The minimum Gasteiger partial charge on any atom is -0.869 e. The third kappa shape index (κ3) is 3.27. The zero-order valence-corrected chi connectivity index (χ0v) is 14.1. The van der Waals surface area contributed by atoms with E-state index >= 15 is 0 Å². The average Bonchev–Trinajstić information content (AvgIpc) is 2.87. The number of ether oxygens (including phenoxy) is 2. The summed E-state index contributed by atoms with van der Waals surface area (Å²) in [4.78, 5) is 28.3. The lowest BCUT2D eigenvalue weighted by Gasteiger charge is -2.10. The van der Waals surface area contributed by atoms with Gasteiger partial charge in [0, 0.05) is 5.69 Å². The summed E-state index contributed by atoms with van der Waals surface area (Å²) in [6.07, 6.45) is 0. The van der Waals surface area contributed by atoms with Crippen molar-refractivity contribution < 1.29 is 14.6 Å². The fourth-order valence-electron chi connectivity index (χ4n) is 2.37. The zero-order valence-electron chi connectivity index (χ0n) is 14.1. The Morgan fingerprint density at radius 2 is 1.38 bits per heavy atom. The van der Waals surface area contributed by atoms with E-state index in [2.05, 4.69) is 10.3 Å². The van der Waals surface area contributed by atoms with Crippen LogP contribution in [0.2, 0.25) is 0 Å². The molecule has 0 aliphatic rings. The summed E-state index contributed by atoms with van der Waals surface area (Å²) in [6, 6.07) is 13.1. The van der Waals surface area contributed by atoms with Gasteiger partial charge in [-0.2, -0.15) is 0 Å². The van der Waals surface area contributed by atoms with Gasteiger partial charge in [0.1, 0.15) is 16.9 Å². The van der Waals surface area contributed by atoms with Crippen molar-refractivity contribution in [3.8, 4) is 17.2 Å². The predicted octanol–water partition coefficient (Wildman–Crippen LogP) is 1.35. The molecule has 3 aromatic carbocycles. The molecule has 0 aliphatic carbocycles. The van der Waals surface area contributed by atoms with Crippen LogP contribution < -0.4 is 36.1 Å². The first-order chi connectivity index (χ1) is 12.5. The van der Waals surface area contributed by atoms with Crippen LogP contribution in [0.15, 0.2) is 63.1 Å². The maximum Gasteiger partial charge on any atom is 0.252 e. The first-order valence-electron chi connectivity index (χ1n) is 7.68. The highest BCUT2D eigenvalue weighted by Crippen LogP contribution is 2.21. The number of hydrogen-bond donors (Lipinski definition) is 1.